The van der Waals surface area contributed by atoms with Crippen molar-refractivity contribution in [2.75, 3.05) is 19.6 Å². The number of nitrogens with one attached hydrogen (secondary N) is 1. The highest BCUT2D eigenvalue weighted by Gasteiger charge is 2.62. The summed E-state index contributed by atoms with van der Waals surface area (Å²) >= 11 is 0. The first-order valence-corrected chi connectivity index (χ1v) is 9.96. The third kappa shape index (κ3) is 3.01. The molecule has 2 aromatic rings. The maximum atomic E-state index is 14.1. The van der Waals surface area contributed by atoms with Crippen LogP contribution in [0.25, 0.3) is 0 Å². The molecule has 4 heterocycles. The van der Waals surface area contributed by atoms with Crippen LogP contribution >= 0.6 is 0 Å². The molecule has 3 saturated heterocycles. The van der Waals surface area contributed by atoms with Gasteiger partial charge in [-0.2, -0.15) is 0 Å². The Kier molecular flexibility index (Phi) is 4.40. The number of carbonyl (C=O) groups is 1. The fourth-order valence-electron chi connectivity index (χ4n) is 5.36. The summed E-state index contributed by atoms with van der Waals surface area (Å²) in [5.41, 5.74) is 1.24. The van der Waals surface area contributed by atoms with Gasteiger partial charge in [0.05, 0.1) is 11.7 Å². The van der Waals surface area contributed by atoms with E-state index in [4.69, 9.17) is 4.74 Å². The number of rotatable bonds is 5. The molecule has 1 N–H and O–H groups in total. The summed E-state index contributed by atoms with van der Waals surface area (Å²) in [6, 6.07) is 10.4. The molecule has 5 rings (SSSR count). The molecule has 0 radical (unpaired) electrons. The van der Waals surface area contributed by atoms with Crippen LogP contribution in [0.3, 0.4) is 0 Å². The average Bonchev–Trinajstić information content (AvgIpc) is 3.37. The lowest BCUT2D eigenvalue weighted by Crippen LogP contribution is -2.41. The molecular formula is C22H24FN3O2. The van der Waals surface area contributed by atoms with Gasteiger partial charge in [-0.1, -0.05) is 18.2 Å². The van der Waals surface area contributed by atoms with Gasteiger partial charge >= 0.3 is 0 Å². The van der Waals surface area contributed by atoms with Crippen molar-refractivity contribution < 1.29 is 13.9 Å². The number of pyridine rings is 1. The van der Waals surface area contributed by atoms with E-state index in [0.717, 1.165) is 31.5 Å². The molecule has 1 aromatic carbocycles. The first kappa shape index (κ1) is 17.8. The van der Waals surface area contributed by atoms with Crippen LogP contribution < -0.4 is 5.32 Å². The Morgan fingerprint density at radius 2 is 2.11 bits per heavy atom. The minimum Gasteiger partial charge on any atom is -0.370 e. The zero-order valence-electron chi connectivity index (χ0n) is 15.7. The van der Waals surface area contributed by atoms with Crippen LogP contribution in [0, 0.1) is 17.7 Å². The van der Waals surface area contributed by atoms with Crippen LogP contribution in [0.2, 0.25) is 0 Å². The molecule has 0 aliphatic carbocycles. The summed E-state index contributed by atoms with van der Waals surface area (Å²) in [4.78, 5) is 18.7. The predicted octanol–water partition coefficient (Wildman–Crippen LogP) is 2.63. The van der Waals surface area contributed by atoms with Gasteiger partial charge in [-0.15, -0.1) is 0 Å². The summed E-state index contributed by atoms with van der Waals surface area (Å²) < 4.78 is 20.5. The van der Waals surface area contributed by atoms with E-state index < -0.39 is 0 Å². The molecular weight excluding hydrogens is 357 g/mol. The average molecular weight is 381 g/mol. The second-order valence-electron chi connectivity index (χ2n) is 8.24. The molecule has 1 amide bonds. The smallest absolute Gasteiger partial charge is 0.251 e. The minimum atomic E-state index is -0.150. The number of ether oxygens (including phenoxy) is 1. The fraction of sp³-hybridized carbons (Fsp3) is 0.455. The van der Waals surface area contributed by atoms with Crippen molar-refractivity contribution in [3.05, 3.63) is 65.7 Å². The normalized spacial score (nSPS) is 31.1. The summed E-state index contributed by atoms with van der Waals surface area (Å²) in [5, 5.41) is 3.08. The number of halogens is 1. The number of benzene rings is 1. The first-order valence-electron chi connectivity index (χ1n) is 9.96. The van der Waals surface area contributed by atoms with E-state index in [1.165, 1.54) is 6.07 Å². The van der Waals surface area contributed by atoms with Gasteiger partial charge < -0.3 is 10.1 Å². The van der Waals surface area contributed by atoms with E-state index in [0.29, 0.717) is 30.5 Å². The highest BCUT2D eigenvalue weighted by atomic mass is 19.1. The molecule has 28 heavy (non-hydrogen) atoms. The Morgan fingerprint density at radius 3 is 2.93 bits per heavy atom. The van der Waals surface area contributed by atoms with Crippen molar-refractivity contribution in [1.29, 1.82) is 0 Å². The molecule has 4 atom stereocenters. The Hall–Kier alpha value is -2.31. The van der Waals surface area contributed by atoms with Crippen molar-refractivity contribution in [2.24, 2.45) is 11.8 Å². The summed E-state index contributed by atoms with van der Waals surface area (Å²) in [7, 11) is 0. The molecule has 5 nitrogen and oxygen atoms in total. The molecule has 1 spiro atoms. The molecule has 3 fully saturated rings. The van der Waals surface area contributed by atoms with Crippen LogP contribution in [0.1, 0.15) is 28.8 Å². The van der Waals surface area contributed by atoms with Crippen molar-refractivity contribution in [2.45, 2.75) is 31.1 Å². The van der Waals surface area contributed by atoms with E-state index in [1.807, 2.05) is 12.1 Å². The molecule has 3 aliphatic rings. The lowest BCUT2D eigenvalue weighted by Gasteiger charge is -2.29. The summed E-state index contributed by atoms with van der Waals surface area (Å²) in [5.74, 6) is 0.477. The van der Waals surface area contributed by atoms with E-state index in [9.17, 15) is 9.18 Å². The number of likely N-dealkylation sites (tertiary alicyclic amines) is 1. The molecule has 1 aromatic heterocycles. The van der Waals surface area contributed by atoms with Gasteiger partial charge in [-0.3, -0.25) is 14.7 Å². The van der Waals surface area contributed by atoms with Crippen LogP contribution in [0.5, 0.6) is 0 Å². The highest BCUT2D eigenvalue weighted by molar-refractivity contribution is 5.93. The van der Waals surface area contributed by atoms with Crippen LogP contribution in [-0.4, -0.2) is 47.1 Å². The van der Waals surface area contributed by atoms with Gasteiger partial charge in [0, 0.05) is 61.5 Å². The third-order valence-corrected chi connectivity index (χ3v) is 6.65. The number of hydrogen-bond acceptors (Lipinski definition) is 4. The second-order valence-corrected chi connectivity index (χ2v) is 8.24. The lowest BCUT2D eigenvalue weighted by molar-refractivity contribution is 0.00204. The number of fused-ring (bicyclic) bond motifs is 1. The molecule has 0 saturated carbocycles. The van der Waals surface area contributed by atoms with E-state index in [2.05, 4.69) is 15.2 Å². The summed E-state index contributed by atoms with van der Waals surface area (Å²) in [6.45, 7) is 2.96. The van der Waals surface area contributed by atoms with Gasteiger partial charge in [0.2, 0.25) is 0 Å². The zero-order valence-corrected chi connectivity index (χ0v) is 15.7. The topological polar surface area (TPSA) is 54.5 Å². The zero-order chi connectivity index (χ0) is 19.1. The van der Waals surface area contributed by atoms with E-state index >= 15 is 0 Å². The van der Waals surface area contributed by atoms with E-state index in [-0.39, 0.29) is 23.4 Å². The Morgan fingerprint density at radius 1 is 1.29 bits per heavy atom. The SMILES string of the molecule is O=C(NC[C@H]1[C@H]2CN(Cc3ccccc3F)C[C@]23CC[C@H]1O3)c1ccncc1. The molecule has 146 valence electrons. The number of nitrogens with zero attached hydrogens (tertiary/aromatic N) is 2. The number of aromatic nitrogens is 1. The molecule has 0 unspecified atom stereocenters. The first-order chi connectivity index (χ1) is 13.6. The van der Waals surface area contributed by atoms with Gasteiger partial charge in [0.25, 0.3) is 5.91 Å². The van der Waals surface area contributed by atoms with E-state index in [1.54, 1.807) is 30.6 Å². The monoisotopic (exact) mass is 381 g/mol. The number of amides is 1. The maximum Gasteiger partial charge on any atom is 0.251 e. The summed E-state index contributed by atoms with van der Waals surface area (Å²) in [6.07, 6.45) is 5.58. The third-order valence-electron chi connectivity index (χ3n) is 6.65. The highest BCUT2D eigenvalue weighted by Crippen LogP contribution is 2.54. The standard InChI is InChI=1S/C22H24FN3O2/c23-19-4-2-1-3-16(19)12-26-13-18-17(20-5-8-22(18,14-26)28-20)11-25-21(27)15-6-9-24-10-7-15/h1-4,6-7,9-10,17-18,20H,5,8,11-14H2,(H,25,27)/t17-,18+,20+,22+/m0/s1. The fourth-order valence-corrected chi connectivity index (χ4v) is 5.36. The molecule has 2 bridgehead atoms. The Bertz CT molecular complexity index is 877. The Balaban J connectivity index is 1.26. The van der Waals surface area contributed by atoms with Crippen LogP contribution in [-0.2, 0) is 11.3 Å². The van der Waals surface area contributed by atoms with Gasteiger partial charge in [-0.05, 0) is 31.0 Å². The van der Waals surface area contributed by atoms with Crippen molar-refractivity contribution >= 4 is 5.91 Å². The lowest BCUT2D eigenvalue weighted by atomic mass is 9.73. The van der Waals surface area contributed by atoms with Crippen LogP contribution in [0.4, 0.5) is 4.39 Å². The predicted molar refractivity (Wildman–Crippen MR) is 102 cm³/mol. The van der Waals surface area contributed by atoms with Crippen molar-refractivity contribution in [1.82, 2.24) is 15.2 Å². The minimum absolute atomic E-state index is 0.0690. The van der Waals surface area contributed by atoms with Crippen molar-refractivity contribution in [3.63, 3.8) is 0 Å². The Labute approximate surface area is 163 Å². The van der Waals surface area contributed by atoms with Gasteiger partial charge in [0.1, 0.15) is 5.82 Å². The molecule has 3 aliphatic heterocycles. The maximum absolute atomic E-state index is 14.1. The largest absolute Gasteiger partial charge is 0.370 e. The van der Waals surface area contributed by atoms with Gasteiger partial charge in [0.15, 0.2) is 0 Å². The molecule has 6 heteroatoms. The number of hydrogen-bond donors (Lipinski definition) is 1. The van der Waals surface area contributed by atoms with Crippen molar-refractivity contribution in [3.8, 4) is 0 Å². The second kappa shape index (κ2) is 6.94. The number of carbonyl (C=O) groups excluding carboxylic acids is 1. The quantitative estimate of drug-likeness (QED) is 0.865. The van der Waals surface area contributed by atoms with Crippen LogP contribution in [0.15, 0.2) is 48.8 Å². The van der Waals surface area contributed by atoms with Gasteiger partial charge in [-0.25, -0.2) is 4.39 Å².